The van der Waals surface area contributed by atoms with Crippen LogP contribution >= 0.6 is 11.8 Å². The van der Waals surface area contributed by atoms with Crippen LogP contribution in [0.5, 0.6) is 11.5 Å². The fourth-order valence-corrected chi connectivity index (χ4v) is 4.74. The smallest absolute Gasteiger partial charge is 0.234 e. The van der Waals surface area contributed by atoms with Crippen molar-refractivity contribution in [2.24, 2.45) is 0 Å². The summed E-state index contributed by atoms with van der Waals surface area (Å²) in [4.78, 5) is 12.9. The minimum atomic E-state index is -0.119. The maximum atomic E-state index is 12.9. The number of methoxy groups -OCH3 is 2. The lowest BCUT2D eigenvalue weighted by Crippen LogP contribution is -2.14. The molecular formula is C28H24N4O3S. The number of thioether (sulfide) groups is 1. The Morgan fingerprint density at radius 1 is 0.861 bits per heavy atom. The Labute approximate surface area is 213 Å². The van der Waals surface area contributed by atoms with Gasteiger partial charge in [0, 0.05) is 22.3 Å². The first kappa shape index (κ1) is 23.4. The highest BCUT2D eigenvalue weighted by Gasteiger charge is 2.19. The van der Waals surface area contributed by atoms with E-state index in [0.29, 0.717) is 22.5 Å². The molecule has 36 heavy (non-hydrogen) atoms. The molecule has 0 spiro atoms. The molecule has 7 nitrogen and oxygen atoms in total. The van der Waals surface area contributed by atoms with E-state index in [1.165, 1.54) is 11.8 Å². The van der Waals surface area contributed by atoms with Crippen molar-refractivity contribution < 1.29 is 14.3 Å². The number of hydrogen-bond acceptors (Lipinski definition) is 6. The van der Waals surface area contributed by atoms with Crippen LogP contribution in [-0.4, -0.2) is 40.6 Å². The Morgan fingerprint density at radius 2 is 1.61 bits per heavy atom. The van der Waals surface area contributed by atoms with E-state index in [1.54, 1.807) is 14.2 Å². The number of aromatic nitrogens is 3. The van der Waals surface area contributed by atoms with E-state index in [1.807, 2.05) is 95.6 Å². The lowest BCUT2D eigenvalue weighted by atomic mass is 10.1. The molecule has 0 bridgehead atoms. The molecule has 1 aromatic heterocycles. The molecule has 1 amide bonds. The number of benzene rings is 4. The highest BCUT2D eigenvalue weighted by Crippen LogP contribution is 2.34. The highest BCUT2D eigenvalue weighted by molar-refractivity contribution is 7.99. The van der Waals surface area contributed by atoms with Gasteiger partial charge in [-0.1, -0.05) is 66.4 Å². The van der Waals surface area contributed by atoms with E-state index in [2.05, 4.69) is 15.5 Å². The van der Waals surface area contributed by atoms with Crippen LogP contribution in [0.15, 0.2) is 96.2 Å². The molecule has 5 aromatic rings. The van der Waals surface area contributed by atoms with E-state index in [0.717, 1.165) is 27.7 Å². The number of fused-ring (bicyclic) bond motifs is 1. The second kappa shape index (κ2) is 10.5. The Hall–Kier alpha value is -4.30. The first-order valence-corrected chi connectivity index (χ1v) is 12.3. The number of amides is 1. The van der Waals surface area contributed by atoms with Gasteiger partial charge < -0.3 is 14.8 Å². The number of carbonyl (C=O) groups is 1. The van der Waals surface area contributed by atoms with Gasteiger partial charge in [0.15, 0.2) is 22.5 Å². The average molecular weight is 497 g/mol. The van der Waals surface area contributed by atoms with Crippen molar-refractivity contribution in [2.75, 3.05) is 25.3 Å². The van der Waals surface area contributed by atoms with E-state index in [-0.39, 0.29) is 11.7 Å². The zero-order valence-corrected chi connectivity index (χ0v) is 20.7. The summed E-state index contributed by atoms with van der Waals surface area (Å²) in [6.45, 7) is 0. The van der Waals surface area contributed by atoms with Gasteiger partial charge in [0.05, 0.1) is 20.0 Å². The molecule has 0 radical (unpaired) electrons. The molecular weight excluding hydrogens is 472 g/mol. The summed E-state index contributed by atoms with van der Waals surface area (Å²) in [5.41, 5.74) is 2.49. The molecule has 0 unspecified atom stereocenters. The van der Waals surface area contributed by atoms with Crippen LogP contribution in [0.4, 0.5) is 5.69 Å². The second-order valence-electron chi connectivity index (χ2n) is 7.91. The average Bonchev–Trinajstić information content (AvgIpc) is 3.36. The number of anilines is 1. The fraction of sp³-hybridized carbons (Fsp3) is 0.107. The fourth-order valence-electron chi connectivity index (χ4n) is 3.99. The summed E-state index contributed by atoms with van der Waals surface area (Å²) in [7, 11) is 3.20. The van der Waals surface area contributed by atoms with Crippen molar-refractivity contribution in [2.45, 2.75) is 5.16 Å². The Bertz CT molecular complexity index is 1510. The van der Waals surface area contributed by atoms with Gasteiger partial charge in [-0.3, -0.25) is 9.36 Å². The minimum absolute atomic E-state index is 0.119. The third-order valence-corrected chi connectivity index (χ3v) is 6.61. The quantitative estimate of drug-likeness (QED) is 0.272. The van der Waals surface area contributed by atoms with Crippen LogP contribution in [0.3, 0.4) is 0 Å². The molecule has 0 saturated carbocycles. The summed E-state index contributed by atoms with van der Waals surface area (Å²) in [5, 5.41) is 14.6. The van der Waals surface area contributed by atoms with Crippen molar-refractivity contribution >= 4 is 34.1 Å². The molecule has 180 valence electrons. The zero-order valence-electron chi connectivity index (χ0n) is 19.8. The zero-order chi connectivity index (χ0) is 24.9. The number of nitrogens with zero attached hydrogens (tertiary/aromatic N) is 3. The summed E-state index contributed by atoms with van der Waals surface area (Å²) in [6, 6.07) is 29.3. The standard InChI is InChI=1S/C28H24N4O3S/c1-34-24-16-15-20(17-25(24)35-2)27-30-31-28(32(27)21-11-4-3-5-12-21)36-18-26(33)29-23-14-8-10-19-9-6-7-13-22(19)23/h3-17H,18H2,1-2H3,(H,29,33). The molecule has 0 atom stereocenters. The summed E-state index contributed by atoms with van der Waals surface area (Å²) in [5.74, 6) is 1.93. The minimum Gasteiger partial charge on any atom is -0.493 e. The van der Waals surface area contributed by atoms with Gasteiger partial charge in [-0.15, -0.1) is 10.2 Å². The monoisotopic (exact) mass is 496 g/mol. The second-order valence-corrected chi connectivity index (χ2v) is 8.85. The molecule has 8 heteroatoms. The Kier molecular flexibility index (Phi) is 6.86. The van der Waals surface area contributed by atoms with E-state index in [4.69, 9.17) is 9.47 Å². The van der Waals surface area contributed by atoms with Crippen LogP contribution in [0.1, 0.15) is 0 Å². The maximum Gasteiger partial charge on any atom is 0.234 e. The van der Waals surface area contributed by atoms with Gasteiger partial charge in [-0.05, 0) is 41.8 Å². The number of para-hydroxylation sites is 1. The molecule has 4 aromatic carbocycles. The van der Waals surface area contributed by atoms with Crippen molar-refractivity contribution in [3.63, 3.8) is 0 Å². The molecule has 0 aliphatic carbocycles. The molecule has 0 saturated heterocycles. The molecule has 0 aliphatic rings. The number of hydrogen-bond donors (Lipinski definition) is 1. The molecule has 0 aliphatic heterocycles. The van der Waals surface area contributed by atoms with Crippen molar-refractivity contribution in [3.05, 3.63) is 91.0 Å². The first-order valence-electron chi connectivity index (χ1n) is 11.3. The van der Waals surface area contributed by atoms with Crippen LogP contribution < -0.4 is 14.8 Å². The van der Waals surface area contributed by atoms with Gasteiger partial charge in [-0.2, -0.15) is 0 Å². The summed E-state index contributed by atoms with van der Waals surface area (Å²) in [6.07, 6.45) is 0. The van der Waals surface area contributed by atoms with Gasteiger partial charge in [0.2, 0.25) is 5.91 Å². The van der Waals surface area contributed by atoms with Crippen LogP contribution in [0, 0.1) is 0 Å². The number of rotatable bonds is 8. The third kappa shape index (κ3) is 4.76. The third-order valence-electron chi connectivity index (χ3n) is 5.69. The van der Waals surface area contributed by atoms with Gasteiger partial charge in [0.1, 0.15) is 0 Å². The lowest BCUT2D eigenvalue weighted by molar-refractivity contribution is -0.113. The summed E-state index contributed by atoms with van der Waals surface area (Å²) >= 11 is 1.33. The van der Waals surface area contributed by atoms with Gasteiger partial charge in [-0.25, -0.2) is 0 Å². The topological polar surface area (TPSA) is 78.3 Å². The molecule has 1 N–H and O–H groups in total. The SMILES string of the molecule is COc1ccc(-c2nnc(SCC(=O)Nc3cccc4ccccc34)n2-c2ccccc2)cc1OC. The molecule has 1 heterocycles. The highest BCUT2D eigenvalue weighted by atomic mass is 32.2. The molecule has 0 fully saturated rings. The number of ether oxygens (including phenoxy) is 2. The predicted molar refractivity (Wildman–Crippen MR) is 143 cm³/mol. The van der Waals surface area contributed by atoms with E-state index in [9.17, 15) is 4.79 Å². The Morgan fingerprint density at radius 3 is 2.42 bits per heavy atom. The molecule has 5 rings (SSSR count). The van der Waals surface area contributed by atoms with Crippen molar-refractivity contribution in [1.82, 2.24) is 14.8 Å². The number of carbonyl (C=O) groups excluding carboxylic acids is 1. The van der Waals surface area contributed by atoms with Crippen LogP contribution in [-0.2, 0) is 4.79 Å². The largest absolute Gasteiger partial charge is 0.493 e. The van der Waals surface area contributed by atoms with Gasteiger partial charge in [0.25, 0.3) is 0 Å². The lowest BCUT2D eigenvalue weighted by Gasteiger charge is -2.12. The van der Waals surface area contributed by atoms with Crippen molar-refractivity contribution in [3.8, 4) is 28.6 Å². The summed E-state index contributed by atoms with van der Waals surface area (Å²) < 4.78 is 12.8. The first-order chi connectivity index (χ1) is 17.7. The normalized spacial score (nSPS) is 10.8. The van der Waals surface area contributed by atoms with Crippen molar-refractivity contribution in [1.29, 1.82) is 0 Å². The van der Waals surface area contributed by atoms with E-state index >= 15 is 0 Å². The van der Waals surface area contributed by atoms with Crippen LogP contribution in [0.2, 0.25) is 0 Å². The number of nitrogens with one attached hydrogen (secondary N) is 1. The predicted octanol–water partition coefficient (Wildman–Crippen LogP) is 5.84. The Balaban J connectivity index is 1.43. The van der Waals surface area contributed by atoms with Crippen LogP contribution in [0.25, 0.3) is 27.8 Å². The van der Waals surface area contributed by atoms with Gasteiger partial charge >= 0.3 is 0 Å². The maximum absolute atomic E-state index is 12.9. The van der Waals surface area contributed by atoms with E-state index < -0.39 is 0 Å².